The van der Waals surface area contributed by atoms with E-state index in [1.54, 1.807) is 12.1 Å². The Bertz CT molecular complexity index is 1040. The van der Waals surface area contributed by atoms with Gasteiger partial charge in [0.15, 0.2) is 0 Å². The Morgan fingerprint density at radius 3 is 2.48 bits per heavy atom. The van der Waals surface area contributed by atoms with Gasteiger partial charge in [0, 0.05) is 5.39 Å². The van der Waals surface area contributed by atoms with Crippen LogP contribution in [0.15, 0.2) is 89.3 Å². The molecule has 1 N–H and O–H groups in total. The van der Waals surface area contributed by atoms with Gasteiger partial charge in [0.1, 0.15) is 23.2 Å². The molecule has 4 rings (SSSR count). The first-order chi connectivity index (χ1) is 13.2. The van der Waals surface area contributed by atoms with Crippen molar-refractivity contribution in [3.05, 3.63) is 108 Å². The third-order valence-electron chi connectivity index (χ3n) is 4.42. The number of benzene rings is 3. The van der Waals surface area contributed by atoms with Crippen molar-refractivity contribution in [3.8, 4) is 0 Å². The lowest BCUT2D eigenvalue weighted by Crippen LogP contribution is -2.30. The molecular weight excluding hydrogens is 341 g/mol. The molecule has 3 nitrogen and oxygen atoms in total. The van der Waals surface area contributed by atoms with Gasteiger partial charge in [-0.15, -0.1) is 0 Å². The molecule has 1 atom stereocenters. The minimum Gasteiger partial charge on any atom is -0.459 e. The molecule has 1 unspecified atom stereocenters. The van der Waals surface area contributed by atoms with Crippen LogP contribution in [0.4, 0.5) is 4.39 Å². The predicted molar refractivity (Wildman–Crippen MR) is 103 cm³/mol. The van der Waals surface area contributed by atoms with Crippen molar-refractivity contribution < 1.29 is 13.6 Å². The third-order valence-corrected chi connectivity index (χ3v) is 4.42. The number of amides is 1. The first kappa shape index (κ1) is 17.0. The molecule has 4 aromatic rings. The van der Waals surface area contributed by atoms with Crippen LogP contribution in [0.2, 0.25) is 0 Å². The van der Waals surface area contributed by atoms with Crippen molar-refractivity contribution in [2.45, 2.75) is 12.5 Å². The molecule has 134 valence electrons. The van der Waals surface area contributed by atoms with Gasteiger partial charge in [-0.25, -0.2) is 4.39 Å². The molecule has 0 saturated heterocycles. The van der Waals surface area contributed by atoms with Crippen molar-refractivity contribution >= 4 is 16.9 Å². The van der Waals surface area contributed by atoms with Gasteiger partial charge in [0.2, 0.25) is 5.91 Å². The van der Waals surface area contributed by atoms with E-state index in [0.717, 1.165) is 16.5 Å². The molecule has 0 aliphatic heterocycles. The van der Waals surface area contributed by atoms with E-state index in [2.05, 4.69) is 5.32 Å². The molecule has 3 aromatic carbocycles. The SMILES string of the molecule is O=C(Cc1cccc(F)c1)NC(c1ccccc1)c1cc2ccccc2o1. The normalized spacial score (nSPS) is 12.0. The average molecular weight is 359 g/mol. The predicted octanol–water partition coefficient (Wildman–Crippen LogP) is 5.02. The third kappa shape index (κ3) is 3.90. The van der Waals surface area contributed by atoms with Crippen LogP contribution in [0.3, 0.4) is 0 Å². The molecule has 1 amide bonds. The largest absolute Gasteiger partial charge is 0.459 e. The summed E-state index contributed by atoms with van der Waals surface area (Å²) in [6.45, 7) is 0. The van der Waals surface area contributed by atoms with Crippen LogP contribution < -0.4 is 5.32 Å². The van der Waals surface area contributed by atoms with Crippen LogP contribution in [0.5, 0.6) is 0 Å². The van der Waals surface area contributed by atoms with E-state index in [1.807, 2.05) is 60.7 Å². The molecule has 0 fully saturated rings. The fourth-order valence-electron chi connectivity index (χ4n) is 3.15. The van der Waals surface area contributed by atoms with Gasteiger partial charge >= 0.3 is 0 Å². The lowest BCUT2D eigenvalue weighted by molar-refractivity contribution is -0.121. The van der Waals surface area contributed by atoms with Gasteiger partial charge in [-0.3, -0.25) is 4.79 Å². The quantitative estimate of drug-likeness (QED) is 0.544. The minimum atomic E-state index is -0.417. The summed E-state index contributed by atoms with van der Waals surface area (Å²) in [7, 11) is 0. The van der Waals surface area contributed by atoms with E-state index in [-0.39, 0.29) is 18.1 Å². The van der Waals surface area contributed by atoms with E-state index in [1.165, 1.54) is 12.1 Å². The maximum absolute atomic E-state index is 13.4. The highest BCUT2D eigenvalue weighted by molar-refractivity contribution is 5.81. The van der Waals surface area contributed by atoms with Crippen LogP contribution in [-0.4, -0.2) is 5.91 Å². The van der Waals surface area contributed by atoms with E-state index < -0.39 is 6.04 Å². The van der Waals surface area contributed by atoms with Gasteiger partial charge in [-0.05, 0) is 35.4 Å². The highest BCUT2D eigenvalue weighted by Gasteiger charge is 2.21. The zero-order chi connectivity index (χ0) is 18.6. The maximum atomic E-state index is 13.4. The smallest absolute Gasteiger partial charge is 0.225 e. The number of furan rings is 1. The Balaban J connectivity index is 1.63. The molecule has 0 saturated carbocycles. The number of halogens is 1. The summed E-state index contributed by atoms with van der Waals surface area (Å²) in [5.74, 6) is 0.113. The summed E-state index contributed by atoms with van der Waals surface area (Å²) in [6, 6.07) is 25.0. The van der Waals surface area contributed by atoms with Crippen molar-refractivity contribution in [1.29, 1.82) is 0 Å². The van der Waals surface area contributed by atoms with Crippen molar-refractivity contribution in [1.82, 2.24) is 5.32 Å². The number of nitrogens with one attached hydrogen (secondary N) is 1. The summed E-state index contributed by atoms with van der Waals surface area (Å²) in [5.41, 5.74) is 2.32. The van der Waals surface area contributed by atoms with Crippen LogP contribution in [-0.2, 0) is 11.2 Å². The zero-order valence-corrected chi connectivity index (χ0v) is 14.6. The molecule has 0 radical (unpaired) electrons. The van der Waals surface area contributed by atoms with E-state index >= 15 is 0 Å². The zero-order valence-electron chi connectivity index (χ0n) is 14.6. The molecule has 0 aliphatic rings. The molecule has 1 aromatic heterocycles. The van der Waals surface area contributed by atoms with Gasteiger partial charge in [0.05, 0.1) is 6.42 Å². The number of hydrogen-bond acceptors (Lipinski definition) is 2. The lowest BCUT2D eigenvalue weighted by Gasteiger charge is -2.17. The molecular formula is C23H18FNO2. The molecule has 0 bridgehead atoms. The van der Waals surface area contributed by atoms with Crippen molar-refractivity contribution in [2.24, 2.45) is 0 Å². The molecule has 27 heavy (non-hydrogen) atoms. The minimum absolute atomic E-state index is 0.0985. The number of para-hydroxylation sites is 1. The number of carbonyl (C=O) groups is 1. The maximum Gasteiger partial charge on any atom is 0.225 e. The highest BCUT2D eigenvalue weighted by Crippen LogP contribution is 2.28. The van der Waals surface area contributed by atoms with Gasteiger partial charge in [-0.1, -0.05) is 60.7 Å². The molecule has 0 spiro atoms. The van der Waals surface area contributed by atoms with Crippen molar-refractivity contribution in [3.63, 3.8) is 0 Å². The lowest BCUT2D eigenvalue weighted by atomic mass is 10.0. The Morgan fingerprint density at radius 1 is 0.926 bits per heavy atom. The Morgan fingerprint density at radius 2 is 1.70 bits per heavy atom. The summed E-state index contributed by atoms with van der Waals surface area (Å²) in [4.78, 5) is 12.6. The summed E-state index contributed by atoms with van der Waals surface area (Å²) in [6.07, 6.45) is 0.0985. The summed E-state index contributed by atoms with van der Waals surface area (Å²) in [5, 5.41) is 4.00. The molecule has 1 heterocycles. The fourth-order valence-corrected chi connectivity index (χ4v) is 3.15. The number of hydrogen-bond donors (Lipinski definition) is 1. The van der Waals surface area contributed by atoms with Crippen molar-refractivity contribution in [2.75, 3.05) is 0 Å². The second kappa shape index (κ2) is 7.46. The fraction of sp³-hybridized carbons (Fsp3) is 0.0870. The van der Waals surface area contributed by atoms with E-state index in [4.69, 9.17) is 4.42 Å². The standard InChI is InChI=1S/C23H18FNO2/c24-19-11-6-7-16(13-19)14-22(26)25-23(17-8-2-1-3-9-17)21-15-18-10-4-5-12-20(18)27-21/h1-13,15,23H,14H2,(H,25,26). The summed E-state index contributed by atoms with van der Waals surface area (Å²) < 4.78 is 19.4. The number of rotatable bonds is 5. The first-order valence-electron chi connectivity index (χ1n) is 8.76. The van der Waals surface area contributed by atoms with Crippen LogP contribution in [0, 0.1) is 5.82 Å². The molecule has 0 aliphatic carbocycles. The number of carbonyl (C=O) groups excluding carboxylic acids is 1. The second-order valence-electron chi connectivity index (χ2n) is 6.40. The van der Waals surface area contributed by atoms with Crippen LogP contribution >= 0.6 is 0 Å². The second-order valence-corrected chi connectivity index (χ2v) is 6.40. The Hall–Kier alpha value is -3.40. The number of fused-ring (bicyclic) bond motifs is 1. The summed E-state index contributed by atoms with van der Waals surface area (Å²) >= 11 is 0. The van der Waals surface area contributed by atoms with E-state index in [9.17, 15) is 9.18 Å². The average Bonchev–Trinajstić information content (AvgIpc) is 3.10. The Kier molecular flexibility index (Phi) is 4.71. The highest BCUT2D eigenvalue weighted by atomic mass is 19.1. The monoisotopic (exact) mass is 359 g/mol. The van der Waals surface area contributed by atoms with Gasteiger partial charge in [-0.2, -0.15) is 0 Å². The van der Waals surface area contributed by atoms with Crippen LogP contribution in [0.25, 0.3) is 11.0 Å². The van der Waals surface area contributed by atoms with Gasteiger partial charge in [0.25, 0.3) is 0 Å². The first-order valence-corrected chi connectivity index (χ1v) is 8.76. The topological polar surface area (TPSA) is 42.2 Å². The van der Waals surface area contributed by atoms with E-state index in [0.29, 0.717) is 11.3 Å². The Labute approximate surface area is 156 Å². The molecule has 4 heteroatoms. The van der Waals surface area contributed by atoms with Gasteiger partial charge < -0.3 is 9.73 Å². The van der Waals surface area contributed by atoms with Crippen LogP contribution in [0.1, 0.15) is 22.9 Å².